The fourth-order valence-electron chi connectivity index (χ4n) is 2.99. The highest BCUT2D eigenvalue weighted by Crippen LogP contribution is 2.26. The van der Waals surface area contributed by atoms with Gasteiger partial charge in [-0.25, -0.2) is 0 Å². The van der Waals surface area contributed by atoms with Gasteiger partial charge in [0.15, 0.2) is 0 Å². The van der Waals surface area contributed by atoms with Gasteiger partial charge in [-0.05, 0) is 33.3 Å². The normalized spacial score (nSPS) is 26.9. The van der Waals surface area contributed by atoms with Crippen molar-refractivity contribution in [2.45, 2.75) is 51.5 Å². The molecule has 1 aliphatic rings. The van der Waals surface area contributed by atoms with E-state index in [1.54, 1.807) is 0 Å². The van der Waals surface area contributed by atoms with Crippen molar-refractivity contribution in [3.8, 4) is 0 Å². The Kier molecular flexibility index (Phi) is 4.29. The van der Waals surface area contributed by atoms with Gasteiger partial charge >= 0.3 is 0 Å². The first-order chi connectivity index (χ1) is 8.89. The molecule has 0 amide bonds. The van der Waals surface area contributed by atoms with Crippen molar-refractivity contribution in [2.75, 3.05) is 13.1 Å². The van der Waals surface area contributed by atoms with E-state index in [2.05, 4.69) is 44.7 Å². The molecule has 0 aromatic heterocycles. The Morgan fingerprint density at radius 3 is 2.53 bits per heavy atom. The first-order valence-corrected chi connectivity index (χ1v) is 7.11. The number of ether oxygens (including phenoxy) is 1. The quantitative estimate of drug-likeness (QED) is 0.910. The van der Waals surface area contributed by atoms with Gasteiger partial charge in [-0.3, -0.25) is 4.90 Å². The number of morpholine rings is 1. The summed E-state index contributed by atoms with van der Waals surface area (Å²) in [5.41, 5.74) is 7.53. The predicted molar refractivity (Wildman–Crippen MR) is 79.0 cm³/mol. The third-order valence-electron chi connectivity index (χ3n) is 3.88. The van der Waals surface area contributed by atoms with Crippen LogP contribution in [0.3, 0.4) is 0 Å². The lowest BCUT2D eigenvalue weighted by atomic mass is 9.97. The van der Waals surface area contributed by atoms with Gasteiger partial charge in [0.25, 0.3) is 0 Å². The Balaban J connectivity index is 2.09. The van der Waals surface area contributed by atoms with Crippen LogP contribution < -0.4 is 5.73 Å². The summed E-state index contributed by atoms with van der Waals surface area (Å²) in [6.45, 7) is 10.5. The maximum Gasteiger partial charge on any atom is 0.0757 e. The fourth-order valence-corrected chi connectivity index (χ4v) is 2.99. The van der Waals surface area contributed by atoms with Crippen molar-refractivity contribution in [3.05, 3.63) is 35.9 Å². The fraction of sp³-hybridized carbons (Fsp3) is 0.625. The number of benzene rings is 1. The van der Waals surface area contributed by atoms with E-state index in [9.17, 15) is 0 Å². The molecule has 0 bridgehead atoms. The Labute approximate surface area is 116 Å². The number of nitrogens with two attached hydrogens (primary N) is 1. The summed E-state index contributed by atoms with van der Waals surface area (Å²) < 4.78 is 5.96. The largest absolute Gasteiger partial charge is 0.370 e. The maximum absolute atomic E-state index is 6.42. The zero-order valence-electron chi connectivity index (χ0n) is 12.5. The molecule has 2 N–H and O–H groups in total. The van der Waals surface area contributed by atoms with Gasteiger partial charge in [-0.2, -0.15) is 0 Å². The van der Waals surface area contributed by atoms with Crippen LogP contribution in [0.4, 0.5) is 0 Å². The molecule has 0 radical (unpaired) electrons. The van der Waals surface area contributed by atoms with E-state index in [-0.39, 0.29) is 17.7 Å². The van der Waals surface area contributed by atoms with Crippen LogP contribution in [0, 0.1) is 0 Å². The molecule has 2 rings (SSSR count). The Morgan fingerprint density at radius 2 is 1.95 bits per heavy atom. The van der Waals surface area contributed by atoms with Gasteiger partial charge in [0, 0.05) is 25.2 Å². The van der Waals surface area contributed by atoms with E-state index in [4.69, 9.17) is 10.5 Å². The number of nitrogens with zero attached hydrogens (tertiary/aromatic N) is 1. The number of rotatable bonds is 3. The maximum atomic E-state index is 6.42. The van der Waals surface area contributed by atoms with Gasteiger partial charge in [-0.15, -0.1) is 0 Å². The molecule has 0 aliphatic carbocycles. The molecule has 1 aromatic carbocycles. The van der Waals surface area contributed by atoms with Crippen molar-refractivity contribution < 1.29 is 4.74 Å². The second kappa shape index (κ2) is 5.61. The average molecular weight is 262 g/mol. The van der Waals surface area contributed by atoms with Crippen molar-refractivity contribution >= 4 is 0 Å². The lowest BCUT2D eigenvalue weighted by Gasteiger charge is -2.45. The molecule has 106 valence electrons. The van der Waals surface area contributed by atoms with E-state index >= 15 is 0 Å². The Hall–Kier alpha value is -0.900. The highest BCUT2D eigenvalue weighted by molar-refractivity contribution is 5.20. The Morgan fingerprint density at radius 1 is 1.32 bits per heavy atom. The highest BCUT2D eigenvalue weighted by atomic mass is 16.5. The van der Waals surface area contributed by atoms with Crippen molar-refractivity contribution in [1.29, 1.82) is 0 Å². The van der Waals surface area contributed by atoms with Crippen LogP contribution in [0.25, 0.3) is 0 Å². The third kappa shape index (κ3) is 3.56. The summed E-state index contributed by atoms with van der Waals surface area (Å²) in [4.78, 5) is 2.45. The van der Waals surface area contributed by atoms with E-state index in [1.165, 1.54) is 5.56 Å². The minimum Gasteiger partial charge on any atom is -0.370 e. The molecule has 1 aromatic rings. The van der Waals surface area contributed by atoms with E-state index in [1.807, 2.05) is 18.2 Å². The van der Waals surface area contributed by atoms with Gasteiger partial charge in [0.05, 0.1) is 11.7 Å². The van der Waals surface area contributed by atoms with Gasteiger partial charge in [-0.1, -0.05) is 30.3 Å². The first-order valence-electron chi connectivity index (χ1n) is 7.11. The molecule has 1 fully saturated rings. The molecule has 3 atom stereocenters. The van der Waals surface area contributed by atoms with Crippen LogP contribution >= 0.6 is 0 Å². The van der Waals surface area contributed by atoms with Gasteiger partial charge in [0.1, 0.15) is 0 Å². The topological polar surface area (TPSA) is 38.5 Å². The summed E-state index contributed by atoms with van der Waals surface area (Å²) in [7, 11) is 0. The summed E-state index contributed by atoms with van der Waals surface area (Å²) in [5.74, 6) is 0. The van der Waals surface area contributed by atoms with E-state index in [0.717, 1.165) is 13.1 Å². The highest BCUT2D eigenvalue weighted by Gasteiger charge is 2.35. The molecular formula is C16H26N2O. The number of hydrogen-bond acceptors (Lipinski definition) is 3. The van der Waals surface area contributed by atoms with Crippen LogP contribution in [0.2, 0.25) is 0 Å². The summed E-state index contributed by atoms with van der Waals surface area (Å²) in [6, 6.07) is 10.7. The van der Waals surface area contributed by atoms with Gasteiger partial charge in [0.2, 0.25) is 0 Å². The van der Waals surface area contributed by atoms with E-state index in [0.29, 0.717) is 6.04 Å². The molecule has 0 saturated carbocycles. The minimum atomic E-state index is -0.0949. The molecule has 0 spiro atoms. The zero-order valence-corrected chi connectivity index (χ0v) is 12.5. The van der Waals surface area contributed by atoms with Crippen LogP contribution in [0.5, 0.6) is 0 Å². The zero-order chi connectivity index (χ0) is 14.0. The molecular weight excluding hydrogens is 236 g/mol. The van der Waals surface area contributed by atoms with Crippen molar-refractivity contribution in [2.24, 2.45) is 5.73 Å². The third-order valence-corrected chi connectivity index (χ3v) is 3.88. The van der Waals surface area contributed by atoms with Gasteiger partial charge < -0.3 is 10.5 Å². The predicted octanol–water partition coefficient (Wildman–Crippen LogP) is 2.57. The smallest absolute Gasteiger partial charge is 0.0757 e. The average Bonchev–Trinajstić information content (AvgIpc) is 2.35. The van der Waals surface area contributed by atoms with Crippen LogP contribution in [0.1, 0.15) is 39.3 Å². The molecule has 19 heavy (non-hydrogen) atoms. The molecule has 3 nitrogen and oxygen atoms in total. The van der Waals surface area contributed by atoms with Crippen LogP contribution in [-0.4, -0.2) is 35.7 Å². The van der Waals surface area contributed by atoms with Crippen molar-refractivity contribution in [1.82, 2.24) is 4.90 Å². The first kappa shape index (κ1) is 14.5. The van der Waals surface area contributed by atoms with Crippen LogP contribution in [0.15, 0.2) is 30.3 Å². The standard InChI is InChI=1S/C16H26N2O/c1-12-10-18(11-16(3,4)19-12)13(2)15(17)14-8-6-5-7-9-14/h5-9,12-13,15H,10-11,17H2,1-4H3. The van der Waals surface area contributed by atoms with E-state index < -0.39 is 0 Å². The second-order valence-corrected chi connectivity index (χ2v) is 6.29. The SMILES string of the molecule is CC1CN(C(C)C(N)c2ccccc2)CC(C)(C)O1. The second-order valence-electron chi connectivity index (χ2n) is 6.29. The number of hydrogen-bond donors (Lipinski definition) is 1. The lowest BCUT2D eigenvalue weighted by molar-refractivity contribution is -0.138. The molecule has 1 aliphatic heterocycles. The summed E-state index contributed by atoms with van der Waals surface area (Å²) >= 11 is 0. The molecule has 1 saturated heterocycles. The molecule has 3 unspecified atom stereocenters. The minimum absolute atomic E-state index is 0.0438. The molecule has 1 heterocycles. The monoisotopic (exact) mass is 262 g/mol. The van der Waals surface area contributed by atoms with Crippen LogP contribution in [-0.2, 0) is 4.74 Å². The molecule has 3 heteroatoms. The summed E-state index contributed by atoms with van der Waals surface area (Å²) in [5, 5.41) is 0. The summed E-state index contributed by atoms with van der Waals surface area (Å²) in [6.07, 6.45) is 0.258. The Bertz CT molecular complexity index is 404. The lowest BCUT2D eigenvalue weighted by Crippen LogP contribution is -2.56. The van der Waals surface area contributed by atoms with Crippen molar-refractivity contribution in [3.63, 3.8) is 0 Å².